The van der Waals surface area contributed by atoms with E-state index in [1.165, 1.54) is 0 Å². The molecule has 2 saturated heterocycles. The van der Waals surface area contributed by atoms with Gasteiger partial charge in [0.25, 0.3) is 0 Å². The van der Waals surface area contributed by atoms with Crippen molar-refractivity contribution in [3.05, 3.63) is 16.2 Å². The minimum absolute atomic E-state index is 0.118. The number of benzene rings is 1. The molecular formula is C18H23N5O6. The lowest BCUT2D eigenvalue weighted by Gasteiger charge is -2.34. The average molecular weight is 405 g/mol. The van der Waals surface area contributed by atoms with Crippen LogP contribution in [0.2, 0.25) is 0 Å². The topological polar surface area (TPSA) is 124 Å². The lowest BCUT2D eigenvalue weighted by atomic mass is 9.97. The van der Waals surface area contributed by atoms with Crippen molar-refractivity contribution in [3.63, 3.8) is 0 Å². The van der Waals surface area contributed by atoms with Crippen LogP contribution in [0.25, 0.3) is 11.0 Å². The second-order valence-electron chi connectivity index (χ2n) is 7.12. The maximum absolute atomic E-state index is 12.2. The molecule has 0 spiro atoms. The minimum atomic E-state index is -0.446. The summed E-state index contributed by atoms with van der Waals surface area (Å²) in [5.41, 5.74) is 1.48. The molecule has 0 bridgehead atoms. The second kappa shape index (κ2) is 8.19. The van der Waals surface area contributed by atoms with Crippen LogP contribution in [0.3, 0.4) is 0 Å². The van der Waals surface area contributed by atoms with Crippen LogP contribution >= 0.6 is 0 Å². The molecule has 11 nitrogen and oxygen atoms in total. The van der Waals surface area contributed by atoms with E-state index in [2.05, 4.69) is 10.3 Å². The van der Waals surface area contributed by atoms with E-state index >= 15 is 0 Å². The zero-order valence-corrected chi connectivity index (χ0v) is 16.2. The first-order valence-corrected chi connectivity index (χ1v) is 9.78. The van der Waals surface area contributed by atoms with E-state index in [4.69, 9.17) is 14.1 Å². The summed E-state index contributed by atoms with van der Waals surface area (Å²) in [6.07, 6.45) is 1.55. The number of fused-ring (bicyclic) bond motifs is 1. The third-order valence-electron chi connectivity index (χ3n) is 5.39. The van der Waals surface area contributed by atoms with Crippen molar-refractivity contribution < 1.29 is 23.8 Å². The average Bonchev–Trinajstić information content (AvgIpc) is 3.23. The number of nitrogens with zero attached hydrogens (tertiary/aromatic N) is 5. The van der Waals surface area contributed by atoms with E-state index in [-0.39, 0.29) is 23.1 Å². The molecule has 1 atom stereocenters. The van der Waals surface area contributed by atoms with Gasteiger partial charge in [-0.25, -0.2) is 4.63 Å². The standard InChI is InChI=1S/C18H23N5O6/c1-2-28-18(24)12-4-3-5-22(11-12)13-10-14(21-6-8-27-9-7-21)17(23(25)26)16-15(13)19-29-20-16/h10,12H,2-9,11H2,1H3. The highest BCUT2D eigenvalue weighted by molar-refractivity contribution is 6.00. The Labute approximate surface area is 166 Å². The van der Waals surface area contributed by atoms with Crippen LogP contribution in [0.1, 0.15) is 19.8 Å². The number of rotatable bonds is 5. The number of morpholine rings is 1. The molecule has 0 radical (unpaired) electrons. The Kier molecular flexibility index (Phi) is 5.47. The molecule has 1 aromatic heterocycles. The Balaban J connectivity index is 1.76. The van der Waals surface area contributed by atoms with Crippen molar-refractivity contribution in [2.45, 2.75) is 19.8 Å². The molecule has 11 heteroatoms. The van der Waals surface area contributed by atoms with Gasteiger partial charge in [0.15, 0.2) is 5.52 Å². The van der Waals surface area contributed by atoms with Crippen LogP contribution < -0.4 is 9.80 Å². The number of carbonyl (C=O) groups excluding carboxylic acids is 1. The third kappa shape index (κ3) is 3.69. The predicted octanol–water partition coefficient (Wildman–Crippen LogP) is 1.75. The van der Waals surface area contributed by atoms with Crippen LogP contribution in [0.4, 0.5) is 17.1 Å². The van der Waals surface area contributed by atoms with Crippen molar-refractivity contribution in [1.82, 2.24) is 10.3 Å². The maximum atomic E-state index is 12.2. The summed E-state index contributed by atoms with van der Waals surface area (Å²) in [5, 5.41) is 19.6. The zero-order valence-electron chi connectivity index (χ0n) is 16.2. The lowest BCUT2D eigenvalue weighted by Crippen LogP contribution is -2.40. The highest BCUT2D eigenvalue weighted by atomic mass is 16.6. The van der Waals surface area contributed by atoms with Gasteiger partial charge in [0, 0.05) is 26.2 Å². The van der Waals surface area contributed by atoms with Gasteiger partial charge in [0.1, 0.15) is 5.69 Å². The predicted molar refractivity (Wildman–Crippen MR) is 103 cm³/mol. The molecule has 2 fully saturated rings. The Hall–Kier alpha value is -2.95. The number of nitro benzene ring substituents is 1. The highest BCUT2D eigenvalue weighted by Gasteiger charge is 2.34. The normalized spacial score (nSPS) is 20.1. The fourth-order valence-electron chi connectivity index (χ4n) is 4.01. The summed E-state index contributed by atoms with van der Waals surface area (Å²) in [6, 6.07) is 1.77. The molecule has 1 aromatic carbocycles. The van der Waals surface area contributed by atoms with Crippen LogP contribution in [0, 0.1) is 16.0 Å². The molecule has 3 heterocycles. The number of esters is 1. The third-order valence-corrected chi connectivity index (χ3v) is 5.39. The number of anilines is 2. The van der Waals surface area contributed by atoms with Crippen LogP contribution in [-0.2, 0) is 14.3 Å². The number of hydrogen-bond donors (Lipinski definition) is 0. The first kappa shape index (κ1) is 19.4. The number of ether oxygens (including phenoxy) is 2. The Morgan fingerprint density at radius 1 is 1.24 bits per heavy atom. The van der Waals surface area contributed by atoms with E-state index in [9.17, 15) is 14.9 Å². The van der Waals surface area contributed by atoms with Crippen molar-refractivity contribution >= 4 is 34.1 Å². The summed E-state index contributed by atoms with van der Waals surface area (Å²) in [6.45, 7) is 5.37. The van der Waals surface area contributed by atoms with Crippen molar-refractivity contribution in [1.29, 1.82) is 0 Å². The fourth-order valence-corrected chi connectivity index (χ4v) is 4.01. The molecule has 4 rings (SSSR count). The van der Waals surface area contributed by atoms with Crippen molar-refractivity contribution in [3.8, 4) is 0 Å². The summed E-state index contributed by atoms with van der Waals surface area (Å²) >= 11 is 0. The quantitative estimate of drug-likeness (QED) is 0.413. The van der Waals surface area contributed by atoms with Crippen LogP contribution in [0.5, 0.6) is 0 Å². The molecule has 2 aliphatic rings. The van der Waals surface area contributed by atoms with Gasteiger partial charge in [-0.15, -0.1) is 0 Å². The highest BCUT2D eigenvalue weighted by Crippen LogP contribution is 2.41. The Bertz CT molecular complexity index is 910. The molecule has 29 heavy (non-hydrogen) atoms. The second-order valence-corrected chi connectivity index (χ2v) is 7.12. The number of piperidine rings is 1. The van der Waals surface area contributed by atoms with E-state index in [1.54, 1.807) is 13.0 Å². The largest absolute Gasteiger partial charge is 0.466 e. The van der Waals surface area contributed by atoms with Crippen LogP contribution in [0.15, 0.2) is 10.7 Å². The minimum Gasteiger partial charge on any atom is -0.466 e. The zero-order chi connectivity index (χ0) is 20.4. The monoisotopic (exact) mass is 405 g/mol. The van der Waals surface area contributed by atoms with Gasteiger partial charge in [-0.05, 0) is 36.1 Å². The fraction of sp³-hybridized carbons (Fsp3) is 0.611. The van der Waals surface area contributed by atoms with Gasteiger partial charge < -0.3 is 19.3 Å². The molecule has 0 aliphatic carbocycles. The first-order valence-electron chi connectivity index (χ1n) is 9.78. The lowest BCUT2D eigenvalue weighted by molar-refractivity contribution is -0.382. The number of nitro groups is 1. The molecule has 1 unspecified atom stereocenters. The molecule has 2 aliphatic heterocycles. The Morgan fingerprint density at radius 3 is 2.72 bits per heavy atom. The van der Waals surface area contributed by atoms with E-state index in [0.29, 0.717) is 62.9 Å². The summed E-state index contributed by atoms with van der Waals surface area (Å²) in [4.78, 5) is 27.6. The smallest absolute Gasteiger partial charge is 0.323 e. The summed E-state index contributed by atoms with van der Waals surface area (Å²) in [7, 11) is 0. The van der Waals surface area contributed by atoms with Gasteiger partial charge in [-0.3, -0.25) is 14.9 Å². The number of aromatic nitrogens is 2. The summed E-state index contributed by atoms with van der Waals surface area (Å²) in [5.74, 6) is -0.470. The van der Waals surface area contributed by atoms with Crippen molar-refractivity contribution in [2.24, 2.45) is 5.92 Å². The van der Waals surface area contributed by atoms with Gasteiger partial charge in [0.05, 0.1) is 36.3 Å². The maximum Gasteiger partial charge on any atom is 0.323 e. The number of hydrogen-bond acceptors (Lipinski definition) is 10. The van der Waals surface area contributed by atoms with E-state index < -0.39 is 4.92 Å². The molecule has 2 aromatic rings. The van der Waals surface area contributed by atoms with E-state index in [1.807, 2.05) is 9.80 Å². The van der Waals surface area contributed by atoms with Gasteiger partial charge in [-0.2, -0.15) is 0 Å². The Morgan fingerprint density at radius 2 is 2.00 bits per heavy atom. The molecular weight excluding hydrogens is 382 g/mol. The first-order chi connectivity index (χ1) is 14.1. The van der Waals surface area contributed by atoms with Crippen LogP contribution in [-0.4, -0.2) is 67.2 Å². The molecule has 0 N–H and O–H groups in total. The summed E-state index contributed by atoms with van der Waals surface area (Å²) < 4.78 is 15.4. The van der Waals surface area contributed by atoms with Gasteiger partial charge >= 0.3 is 11.7 Å². The SMILES string of the molecule is CCOC(=O)C1CCCN(c2cc(N3CCOCC3)c([N+](=O)[O-])c3nonc23)C1. The molecule has 156 valence electrons. The molecule has 0 saturated carbocycles. The van der Waals surface area contributed by atoms with Gasteiger partial charge in [0.2, 0.25) is 5.52 Å². The van der Waals surface area contributed by atoms with Gasteiger partial charge in [-0.1, -0.05) is 0 Å². The molecule has 0 amide bonds. The van der Waals surface area contributed by atoms with E-state index in [0.717, 1.165) is 12.8 Å². The number of carbonyl (C=O) groups is 1. The van der Waals surface area contributed by atoms with Crippen molar-refractivity contribution in [2.75, 3.05) is 55.8 Å².